The number of carbonyl (C=O) groups excluding carboxylic acids is 1. The first-order chi connectivity index (χ1) is 9.30. The van der Waals surface area contributed by atoms with Gasteiger partial charge in [0.1, 0.15) is 0 Å². The molecule has 7 heteroatoms. The average molecular weight is 323 g/mol. The zero-order valence-electron chi connectivity index (χ0n) is 10.7. The number of nitrogens with one attached hydrogen (secondary N) is 2. The van der Waals surface area contributed by atoms with E-state index in [0.29, 0.717) is 15.6 Å². The van der Waals surface area contributed by atoms with Gasteiger partial charge in [0.05, 0.1) is 28.7 Å². The van der Waals surface area contributed by atoms with Crippen molar-refractivity contribution < 1.29 is 13.6 Å². The Morgan fingerprint density at radius 1 is 1.50 bits per heavy atom. The normalized spacial score (nSPS) is 22.6. The van der Waals surface area contributed by atoms with Gasteiger partial charge in [-0.25, -0.2) is 8.78 Å². The Kier molecular flexibility index (Phi) is 4.52. The van der Waals surface area contributed by atoms with Gasteiger partial charge in [0.15, 0.2) is 0 Å². The average Bonchev–Trinajstić information content (AvgIpc) is 2.73. The highest BCUT2D eigenvalue weighted by Crippen LogP contribution is 2.30. The molecule has 3 nitrogen and oxygen atoms in total. The minimum absolute atomic E-state index is 0.353. The van der Waals surface area contributed by atoms with Crippen LogP contribution in [0.2, 0.25) is 10.0 Å². The summed E-state index contributed by atoms with van der Waals surface area (Å²) < 4.78 is 26.1. The molecule has 1 fully saturated rings. The van der Waals surface area contributed by atoms with Gasteiger partial charge < -0.3 is 5.32 Å². The van der Waals surface area contributed by atoms with Crippen LogP contribution in [0.4, 0.5) is 8.78 Å². The second-order valence-electron chi connectivity index (χ2n) is 4.87. The third kappa shape index (κ3) is 3.40. The Labute approximate surface area is 125 Å². The quantitative estimate of drug-likeness (QED) is 0.897. The van der Waals surface area contributed by atoms with E-state index in [-0.39, 0.29) is 0 Å². The molecule has 0 radical (unpaired) electrons. The molecule has 2 N–H and O–H groups in total. The summed E-state index contributed by atoms with van der Waals surface area (Å²) in [6.45, 7) is 1.25. The zero-order chi connectivity index (χ0) is 14.9. The van der Waals surface area contributed by atoms with Crippen LogP contribution in [0.25, 0.3) is 0 Å². The lowest BCUT2D eigenvalue weighted by atomic mass is 10.1. The molecule has 2 rings (SSSR count). The number of amides is 1. The molecular formula is C13H14Cl2F2N2O. The maximum absolute atomic E-state index is 13.1. The second kappa shape index (κ2) is 5.84. The highest BCUT2D eigenvalue weighted by Gasteiger charge is 2.42. The number of alkyl halides is 2. The van der Waals surface area contributed by atoms with Crippen molar-refractivity contribution in [1.29, 1.82) is 0 Å². The van der Waals surface area contributed by atoms with Crippen LogP contribution in [0.1, 0.15) is 24.9 Å². The van der Waals surface area contributed by atoms with E-state index >= 15 is 0 Å². The topological polar surface area (TPSA) is 41.1 Å². The van der Waals surface area contributed by atoms with Crippen molar-refractivity contribution >= 4 is 29.1 Å². The van der Waals surface area contributed by atoms with Crippen molar-refractivity contribution in [3.8, 4) is 0 Å². The predicted molar refractivity (Wildman–Crippen MR) is 74.4 cm³/mol. The van der Waals surface area contributed by atoms with Gasteiger partial charge in [0, 0.05) is 6.42 Å². The molecule has 1 aromatic rings. The third-order valence-electron chi connectivity index (χ3n) is 3.23. The number of rotatable bonds is 3. The first-order valence-corrected chi connectivity index (χ1v) is 6.91. The van der Waals surface area contributed by atoms with E-state index in [1.807, 2.05) is 0 Å². The number of hydrogen-bond acceptors (Lipinski definition) is 2. The molecule has 0 spiro atoms. The van der Waals surface area contributed by atoms with Crippen LogP contribution in [0, 0.1) is 0 Å². The summed E-state index contributed by atoms with van der Waals surface area (Å²) in [6.07, 6.45) is -0.491. The monoisotopic (exact) mass is 322 g/mol. The van der Waals surface area contributed by atoms with Crippen LogP contribution in [-0.4, -0.2) is 24.4 Å². The van der Waals surface area contributed by atoms with Crippen molar-refractivity contribution in [2.24, 2.45) is 0 Å². The summed E-state index contributed by atoms with van der Waals surface area (Å²) in [7, 11) is 0. The summed E-state index contributed by atoms with van der Waals surface area (Å²) in [5.74, 6) is -3.30. The molecule has 2 atom stereocenters. The molecule has 110 valence electrons. The maximum Gasteiger partial charge on any atom is 0.262 e. The molecule has 1 saturated heterocycles. The third-order valence-corrected chi connectivity index (χ3v) is 4.07. The van der Waals surface area contributed by atoms with Crippen LogP contribution in [0.15, 0.2) is 18.2 Å². The van der Waals surface area contributed by atoms with Gasteiger partial charge in [-0.3, -0.25) is 10.1 Å². The van der Waals surface area contributed by atoms with Crippen LogP contribution in [0.3, 0.4) is 0 Å². The molecule has 0 aromatic heterocycles. The highest BCUT2D eigenvalue weighted by molar-refractivity contribution is 6.42. The van der Waals surface area contributed by atoms with Crippen molar-refractivity contribution in [2.45, 2.75) is 31.4 Å². The zero-order valence-corrected chi connectivity index (χ0v) is 12.2. The van der Waals surface area contributed by atoms with E-state index in [9.17, 15) is 13.6 Å². The maximum atomic E-state index is 13.1. The highest BCUT2D eigenvalue weighted by atomic mass is 35.5. The molecule has 0 saturated carbocycles. The van der Waals surface area contributed by atoms with Crippen LogP contribution in [0.5, 0.6) is 0 Å². The summed E-state index contributed by atoms with van der Waals surface area (Å²) in [4.78, 5) is 11.9. The minimum Gasteiger partial charge on any atom is -0.348 e. The lowest BCUT2D eigenvalue weighted by Crippen LogP contribution is -2.41. The fraction of sp³-hybridized carbons (Fsp3) is 0.462. The fourth-order valence-corrected chi connectivity index (χ4v) is 2.62. The number of halogens is 4. The summed E-state index contributed by atoms with van der Waals surface area (Å²) in [5, 5.41) is 5.91. The van der Waals surface area contributed by atoms with Crippen molar-refractivity contribution in [3.63, 3.8) is 0 Å². The predicted octanol–water partition coefficient (Wildman–Crippen LogP) is 3.17. The van der Waals surface area contributed by atoms with E-state index < -0.39 is 36.9 Å². The van der Waals surface area contributed by atoms with Gasteiger partial charge in [-0.1, -0.05) is 35.3 Å². The molecule has 1 aliphatic heterocycles. The van der Waals surface area contributed by atoms with Crippen molar-refractivity contribution in [1.82, 2.24) is 10.6 Å². The van der Waals surface area contributed by atoms with Crippen LogP contribution >= 0.6 is 23.2 Å². The standard InChI is InChI=1S/C13H14Cl2F2N2O/c1-7(8-3-2-4-9(14)11(8)15)19-12(20)10-5-13(16,17)6-18-10/h2-4,7,10,18H,5-6H2,1H3,(H,19,20)/t7-,10+/m0/s1. The molecule has 0 bridgehead atoms. The number of hydrogen-bond donors (Lipinski definition) is 2. The van der Waals surface area contributed by atoms with Gasteiger partial charge >= 0.3 is 0 Å². The molecule has 1 aromatic carbocycles. The SMILES string of the molecule is C[C@H](NC(=O)[C@H]1CC(F)(F)CN1)c1cccc(Cl)c1Cl. The molecule has 1 aliphatic rings. The van der Waals surface area contributed by atoms with Crippen molar-refractivity contribution in [3.05, 3.63) is 33.8 Å². The first kappa shape index (κ1) is 15.5. The first-order valence-electron chi connectivity index (χ1n) is 6.16. The van der Waals surface area contributed by atoms with Gasteiger partial charge in [-0.15, -0.1) is 0 Å². The van der Waals surface area contributed by atoms with Gasteiger partial charge in [0.25, 0.3) is 5.92 Å². The fourth-order valence-electron chi connectivity index (χ4n) is 2.15. The molecule has 0 aliphatic carbocycles. The largest absolute Gasteiger partial charge is 0.348 e. The smallest absolute Gasteiger partial charge is 0.262 e. The molecule has 1 amide bonds. The van der Waals surface area contributed by atoms with E-state index in [1.54, 1.807) is 25.1 Å². The van der Waals surface area contributed by atoms with E-state index in [2.05, 4.69) is 10.6 Å². The molecule has 0 unspecified atom stereocenters. The Bertz CT molecular complexity index is 525. The Morgan fingerprint density at radius 3 is 2.80 bits per heavy atom. The Morgan fingerprint density at radius 2 is 2.20 bits per heavy atom. The van der Waals surface area contributed by atoms with Gasteiger partial charge in [-0.2, -0.15) is 0 Å². The van der Waals surface area contributed by atoms with E-state index in [0.717, 1.165) is 0 Å². The lowest BCUT2D eigenvalue weighted by molar-refractivity contribution is -0.124. The molecular weight excluding hydrogens is 309 g/mol. The Hall–Kier alpha value is -0.910. The Balaban J connectivity index is 2.03. The van der Waals surface area contributed by atoms with Crippen LogP contribution in [-0.2, 0) is 4.79 Å². The lowest BCUT2D eigenvalue weighted by Gasteiger charge is -2.19. The van der Waals surface area contributed by atoms with Gasteiger partial charge in [-0.05, 0) is 18.6 Å². The number of benzene rings is 1. The number of carbonyl (C=O) groups is 1. The second-order valence-corrected chi connectivity index (χ2v) is 5.65. The molecule has 1 heterocycles. The minimum atomic E-state index is -2.83. The summed E-state index contributed by atoms with van der Waals surface area (Å²) in [5.41, 5.74) is 0.650. The van der Waals surface area contributed by atoms with Gasteiger partial charge in [0.2, 0.25) is 5.91 Å². The van der Waals surface area contributed by atoms with Crippen LogP contribution < -0.4 is 10.6 Å². The molecule has 20 heavy (non-hydrogen) atoms. The summed E-state index contributed by atoms with van der Waals surface area (Å²) >= 11 is 12.0. The van der Waals surface area contributed by atoms with E-state index in [1.165, 1.54) is 0 Å². The van der Waals surface area contributed by atoms with E-state index in [4.69, 9.17) is 23.2 Å². The summed E-state index contributed by atoms with van der Waals surface area (Å²) in [6, 6.07) is 3.79. The van der Waals surface area contributed by atoms with Crippen molar-refractivity contribution in [2.75, 3.05) is 6.54 Å².